The van der Waals surface area contributed by atoms with Crippen molar-refractivity contribution in [2.75, 3.05) is 30.9 Å². The molecule has 5 rings (SSSR count). The minimum atomic E-state index is -3.93. The summed E-state index contributed by atoms with van der Waals surface area (Å²) >= 11 is 0. The number of aromatic nitrogens is 3. The minimum Gasteiger partial charge on any atom is -0.358 e. The first-order chi connectivity index (χ1) is 18.2. The molecule has 0 saturated carbocycles. The molecule has 2 aromatic heterocycles. The van der Waals surface area contributed by atoms with E-state index in [4.69, 9.17) is 0 Å². The number of nitrogens with zero attached hydrogens (tertiary/aromatic N) is 5. The number of amides is 1. The molecule has 3 heterocycles. The maximum Gasteiger partial charge on any atom is 0.261 e. The number of hydrogen-bond donors (Lipinski definition) is 2. The number of nitrogens with one attached hydrogen (secondary N) is 2. The van der Waals surface area contributed by atoms with Crippen LogP contribution in [0.15, 0.2) is 59.9 Å². The van der Waals surface area contributed by atoms with Crippen LogP contribution in [0.2, 0.25) is 0 Å². The summed E-state index contributed by atoms with van der Waals surface area (Å²) in [4.78, 5) is 25.0. The number of aryl methyl sites for hydroxylation is 2. The first kappa shape index (κ1) is 25.5. The number of piperazine rings is 1. The lowest BCUT2D eigenvalue weighted by atomic mass is 10.1. The van der Waals surface area contributed by atoms with Gasteiger partial charge >= 0.3 is 0 Å². The summed E-state index contributed by atoms with van der Waals surface area (Å²) in [7, 11) is -1.98. The molecule has 4 aromatic rings. The first-order valence-corrected chi connectivity index (χ1v) is 13.9. The third kappa shape index (κ3) is 4.53. The van der Waals surface area contributed by atoms with Gasteiger partial charge in [-0.2, -0.15) is 5.26 Å². The molecular weight excluding hydrogens is 502 g/mol. The van der Waals surface area contributed by atoms with Crippen LogP contribution in [-0.2, 0) is 17.1 Å². The van der Waals surface area contributed by atoms with Crippen LogP contribution in [0.3, 0.4) is 0 Å². The number of likely N-dealkylation sites (N-methyl/N-ethyl adjacent to an activating group) is 1. The van der Waals surface area contributed by atoms with Gasteiger partial charge in [0.25, 0.3) is 15.9 Å². The van der Waals surface area contributed by atoms with Crippen molar-refractivity contribution in [3.8, 4) is 6.07 Å². The molecule has 0 bridgehead atoms. The third-order valence-corrected chi connectivity index (χ3v) is 8.54. The molecule has 1 atom stereocenters. The van der Waals surface area contributed by atoms with Crippen molar-refractivity contribution in [2.24, 2.45) is 7.05 Å². The minimum absolute atomic E-state index is 0.0116. The molecule has 196 valence electrons. The topological polar surface area (TPSA) is 127 Å². The molecule has 10 nitrogen and oxygen atoms in total. The van der Waals surface area contributed by atoms with E-state index >= 15 is 0 Å². The number of nitriles is 1. The van der Waals surface area contributed by atoms with Crippen LogP contribution < -0.4 is 4.72 Å². The molecule has 1 aliphatic rings. The predicted molar refractivity (Wildman–Crippen MR) is 144 cm³/mol. The van der Waals surface area contributed by atoms with E-state index in [1.807, 2.05) is 24.7 Å². The van der Waals surface area contributed by atoms with E-state index < -0.39 is 10.0 Å². The van der Waals surface area contributed by atoms with Crippen LogP contribution in [0.5, 0.6) is 0 Å². The van der Waals surface area contributed by atoms with Gasteiger partial charge in [-0.25, -0.2) is 13.4 Å². The maximum absolute atomic E-state index is 13.3. The van der Waals surface area contributed by atoms with Crippen LogP contribution in [0, 0.1) is 18.3 Å². The van der Waals surface area contributed by atoms with Gasteiger partial charge in [-0.1, -0.05) is 13.0 Å². The predicted octanol–water partition coefficient (Wildman–Crippen LogP) is 3.40. The van der Waals surface area contributed by atoms with E-state index in [1.54, 1.807) is 41.6 Å². The fraction of sp³-hybridized carbons (Fsp3) is 0.296. The van der Waals surface area contributed by atoms with E-state index in [0.29, 0.717) is 40.8 Å². The highest BCUT2D eigenvalue weighted by atomic mass is 32.2. The zero-order valence-corrected chi connectivity index (χ0v) is 22.3. The number of aromatic amines is 1. The van der Waals surface area contributed by atoms with Gasteiger partial charge in [0.15, 0.2) is 0 Å². The Balaban J connectivity index is 1.35. The van der Waals surface area contributed by atoms with Gasteiger partial charge < -0.3 is 14.5 Å². The van der Waals surface area contributed by atoms with Crippen molar-refractivity contribution in [3.05, 3.63) is 77.5 Å². The lowest BCUT2D eigenvalue weighted by Crippen LogP contribution is -2.50. The molecule has 1 unspecified atom stereocenters. The standard InChI is InChI=1S/C27H29N7O3S/c1-4-33-13-14-34(17-23(33)26-29-11-12-32(26)3)27(35)19-6-8-21(9-7-19)38(36,37)31-22-10-5-18(2)24-20(15-28)16-30-25(22)24/h5-12,16,23,30-31H,4,13-14,17H2,1-3H3. The van der Waals surface area contributed by atoms with Gasteiger partial charge in [0, 0.05) is 56.2 Å². The van der Waals surface area contributed by atoms with Gasteiger partial charge in [-0.05, 0) is 49.4 Å². The number of anilines is 1. The molecule has 0 radical (unpaired) electrons. The van der Waals surface area contributed by atoms with E-state index in [-0.39, 0.29) is 16.8 Å². The van der Waals surface area contributed by atoms with Gasteiger partial charge in [0.05, 0.1) is 27.7 Å². The van der Waals surface area contributed by atoms with E-state index in [0.717, 1.165) is 24.5 Å². The highest BCUT2D eigenvalue weighted by Crippen LogP contribution is 2.30. The second-order valence-corrected chi connectivity index (χ2v) is 11.1. The largest absolute Gasteiger partial charge is 0.358 e. The van der Waals surface area contributed by atoms with Crippen LogP contribution in [0.25, 0.3) is 10.9 Å². The first-order valence-electron chi connectivity index (χ1n) is 12.4. The summed E-state index contributed by atoms with van der Waals surface area (Å²) in [5, 5.41) is 10.1. The highest BCUT2D eigenvalue weighted by Gasteiger charge is 2.32. The Kier molecular flexibility index (Phi) is 6.69. The average molecular weight is 532 g/mol. The molecule has 1 saturated heterocycles. The third-order valence-electron chi connectivity index (χ3n) is 7.16. The highest BCUT2D eigenvalue weighted by molar-refractivity contribution is 7.92. The van der Waals surface area contributed by atoms with Gasteiger partial charge in [0.1, 0.15) is 11.9 Å². The normalized spacial score (nSPS) is 16.5. The molecule has 2 aromatic carbocycles. The Morgan fingerprint density at radius 2 is 1.97 bits per heavy atom. The second-order valence-electron chi connectivity index (χ2n) is 9.42. The van der Waals surface area contributed by atoms with Gasteiger partial charge in [0.2, 0.25) is 0 Å². The number of benzene rings is 2. The number of carbonyl (C=O) groups excluding carboxylic acids is 1. The lowest BCUT2D eigenvalue weighted by molar-refractivity contribution is 0.0472. The molecule has 1 fully saturated rings. The van der Waals surface area contributed by atoms with Crippen LogP contribution in [0.4, 0.5) is 5.69 Å². The summed E-state index contributed by atoms with van der Waals surface area (Å²) in [6.45, 7) is 6.63. The summed E-state index contributed by atoms with van der Waals surface area (Å²) in [6, 6.07) is 11.5. The molecule has 0 aliphatic carbocycles. The van der Waals surface area contributed by atoms with Crippen molar-refractivity contribution in [1.82, 2.24) is 24.3 Å². The quantitative estimate of drug-likeness (QED) is 0.393. The Bertz CT molecular complexity index is 1650. The number of hydrogen-bond acceptors (Lipinski definition) is 6. The molecular formula is C27H29N7O3S. The SMILES string of the molecule is CCN1CCN(C(=O)c2ccc(S(=O)(=O)Nc3ccc(C)c4c(C#N)c[nH]c34)cc2)CC1c1nccn1C. The van der Waals surface area contributed by atoms with Crippen molar-refractivity contribution in [1.29, 1.82) is 5.26 Å². The Morgan fingerprint density at radius 1 is 1.21 bits per heavy atom. The molecule has 38 heavy (non-hydrogen) atoms. The smallest absolute Gasteiger partial charge is 0.261 e. The second kappa shape index (κ2) is 9.96. The van der Waals surface area contributed by atoms with Crippen molar-refractivity contribution in [2.45, 2.75) is 24.8 Å². The van der Waals surface area contributed by atoms with Crippen molar-refractivity contribution < 1.29 is 13.2 Å². The van der Waals surface area contributed by atoms with E-state index in [9.17, 15) is 18.5 Å². The van der Waals surface area contributed by atoms with Gasteiger partial charge in [-0.3, -0.25) is 14.4 Å². The Labute approximate surface area is 221 Å². The number of carbonyl (C=O) groups is 1. The molecule has 1 amide bonds. The summed E-state index contributed by atoms with van der Waals surface area (Å²) in [5.41, 5.74) is 2.64. The van der Waals surface area contributed by atoms with E-state index in [1.165, 1.54) is 12.1 Å². The number of rotatable bonds is 6. The van der Waals surface area contributed by atoms with Crippen LogP contribution >= 0.6 is 0 Å². The van der Waals surface area contributed by atoms with E-state index in [2.05, 4.69) is 32.6 Å². The van der Waals surface area contributed by atoms with Crippen molar-refractivity contribution in [3.63, 3.8) is 0 Å². The average Bonchev–Trinajstić information content (AvgIpc) is 3.56. The maximum atomic E-state index is 13.3. The number of H-pyrrole nitrogens is 1. The molecule has 11 heteroatoms. The molecule has 0 spiro atoms. The lowest BCUT2D eigenvalue weighted by Gasteiger charge is -2.40. The van der Waals surface area contributed by atoms with Crippen LogP contribution in [0.1, 0.15) is 40.3 Å². The zero-order chi connectivity index (χ0) is 27.0. The molecule has 1 aliphatic heterocycles. The summed E-state index contributed by atoms with van der Waals surface area (Å²) < 4.78 is 30.9. The fourth-order valence-corrected chi connectivity index (χ4v) is 6.16. The monoisotopic (exact) mass is 531 g/mol. The number of fused-ring (bicyclic) bond motifs is 1. The fourth-order valence-electron chi connectivity index (χ4n) is 5.08. The van der Waals surface area contributed by atoms with Crippen molar-refractivity contribution >= 4 is 32.5 Å². The number of sulfonamides is 1. The zero-order valence-electron chi connectivity index (χ0n) is 21.5. The molecule has 2 N–H and O–H groups in total. The Morgan fingerprint density at radius 3 is 2.63 bits per heavy atom. The van der Waals surface area contributed by atoms with Gasteiger partial charge in [-0.15, -0.1) is 0 Å². The summed E-state index contributed by atoms with van der Waals surface area (Å²) in [5.74, 6) is 0.763. The summed E-state index contributed by atoms with van der Waals surface area (Å²) in [6.07, 6.45) is 5.22. The van der Waals surface area contributed by atoms with Crippen LogP contribution in [-0.4, -0.2) is 64.8 Å². The Hall–Kier alpha value is -4.14. The number of imidazole rings is 1.